The van der Waals surface area contributed by atoms with Gasteiger partial charge in [0.1, 0.15) is 0 Å². The molecule has 23 heavy (non-hydrogen) atoms. The molecule has 0 saturated heterocycles. The average Bonchev–Trinajstić information content (AvgIpc) is 2.53. The number of benzene rings is 2. The molecule has 0 heterocycles. The van der Waals surface area contributed by atoms with Crippen LogP contribution in [-0.2, 0) is 10.5 Å². The molecule has 0 aliphatic rings. The Morgan fingerprint density at radius 3 is 2.61 bits per heavy atom. The summed E-state index contributed by atoms with van der Waals surface area (Å²) in [5.41, 5.74) is 5.70. The van der Waals surface area contributed by atoms with Crippen molar-refractivity contribution in [1.29, 1.82) is 0 Å². The Balaban J connectivity index is 1.73. The maximum atomic E-state index is 11.7. The van der Waals surface area contributed by atoms with Gasteiger partial charge in [0.2, 0.25) is 5.91 Å². The molecular weight excluding hydrogens is 351 g/mol. The molecule has 1 N–H and O–H groups in total. The highest BCUT2D eigenvalue weighted by atomic mass is 35.5. The van der Waals surface area contributed by atoms with Crippen LogP contribution in [0.15, 0.2) is 47.6 Å². The van der Waals surface area contributed by atoms with E-state index in [4.69, 9.17) is 23.2 Å². The summed E-state index contributed by atoms with van der Waals surface area (Å²) in [5, 5.41) is 4.85. The second kappa shape index (κ2) is 8.96. The first-order valence-electron chi connectivity index (χ1n) is 6.95. The Hall–Kier alpha value is -1.49. The molecule has 0 aliphatic carbocycles. The van der Waals surface area contributed by atoms with Gasteiger partial charge in [0.05, 0.1) is 22.0 Å². The van der Waals surface area contributed by atoms with Crippen molar-refractivity contribution in [2.24, 2.45) is 5.10 Å². The van der Waals surface area contributed by atoms with Crippen molar-refractivity contribution in [3.05, 3.63) is 69.2 Å². The topological polar surface area (TPSA) is 41.5 Å². The van der Waals surface area contributed by atoms with Crippen LogP contribution in [0.25, 0.3) is 0 Å². The van der Waals surface area contributed by atoms with Gasteiger partial charge in [-0.05, 0) is 30.2 Å². The lowest BCUT2D eigenvalue weighted by Crippen LogP contribution is -2.19. The minimum atomic E-state index is -0.140. The van der Waals surface area contributed by atoms with Gasteiger partial charge in [-0.3, -0.25) is 4.79 Å². The number of nitrogens with one attached hydrogen (secondary N) is 1. The minimum absolute atomic E-state index is 0.140. The van der Waals surface area contributed by atoms with Crippen molar-refractivity contribution >= 4 is 47.1 Å². The predicted molar refractivity (Wildman–Crippen MR) is 99.5 cm³/mol. The molecule has 0 aromatic heterocycles. The van der Waals surface area contributed by atoms with Crippen molar-refractivity contribution < 1.29 is 4.79 Å². The molecule has 2 rings (SSSR count). The molecule has 120 valence electrons. The monoisotopic (exact) mass is 366 g/mol. The fourth-order valence-electron chi connectivity index (χ4n) is 1.75. The summed E-state index contributed by atoms with van der Waals surface area (Å²) in [7, 11) is 0. The van der Waals surface area contributed by atoms with Gasteiger partial charge in [-0.25, -0.2) is 5.43 Å². The predicted octanol–water partition coefficient (Wildman–Crippen LogP) is 4.69. The second-order valence-electron chi connectivity index (χ2n) is 4.95. The molecular formula is C17H16Cl2N2OS. The number of hydrazone groups is 1. The van der Waals surface area contributed by atoms with Crippen LogP contribution in [0.5, 0.6) is 0 Å². The summed E-state index contributed by atoms with van der Waals surface area (Å²) in [4.78, 5) is 11.7. The number of thioether (sulfide) groups is 1. The molecule has 6 heteroatoms. The summed E-state index contributed by atoms with van der Waals surface area (Å²) in [6, 6.07) is 13.4. The van der Waals surface area contributed by atoms with Gasteiger partial charge in [0.25, 0.3) is 0 Å². The molecule has 0 radical (unpaired) electrons. The van der Waals surface area contributed by atoms with E-state index >= 15 is 0 Å². The Morgan fingerprint density at radius 1 is 1.17 bits per heavy atom. The van der Waals surface area contributed by atoms with E-state index in [0.717, 1.165) is 11.3 Å². The number of hydrogen-bond acceptors (Lipinski definition) is 3. The Kier molecular flexibility index (Phi) is 6.96. The molecule has 2 aromatic carbocycles. The van der Waals surface area contributed by atoms with Gasteiger partial charge < -0.3 is 0 Å². The molecule has 0 aliphatic heterocycles. The van der Waals surface area contributed by atoms with Gasteiger partial charge in [-0.15, -0.1) is 11.8 Å². The number of carbonyl (C=O) groups excluding carboxylic acids is 1. The first-order chi connectivity index (χ1) is 11.0. The molecule has 1 amide bonds. The molecule has 0 atom stereocenters. The highest BCUT2D eigenvalue weighted by Crippen LogP contribution is 2.21. The molecule has 0 saturated carbocycles. The Morgan fingerprint density at radius 2 is 1.91 bits per heavy atom. The van der Waals surface area contributed by atoms with Crippen LogP contribution in [-0.4, -0.2) is 17.9 Å². The zero-order chi connectivity index (χ0) is 16.7. The average molecular weight is 367 g/mol. The smallest absolute Gasteiger partial charge is 0.250 e. The van der Waals surface area contributed by atoms with Crippen LogP contribution < -0.4 is 5.43 Å². The van der Waals surface area contributed by atoms with Crippen molar-refractivity contribution in [3.8, 4) is 0 Å². The lowest BCUT2D eigenvalue weighted by molar-refractivity contribution is -0.118. The van der Waals surface area contributed by atoms with Gasteiger partial charge in [0, 0.05) is 5.75 Å². The zero-order valence-corrected chi connectivity index (χ0v) is 14.9. The number of aryl methyl sites for hydroxylation is 1. The van der Waals surface area contributed by atoms with Gasteiger partial charge in [-0.2, -0.15) is 5.10 Å². The first-order valence-corrected chi connectivity index (χ1v) is 8.86. The first kappa shape index (κ1) is 17.9. The third-order valence-corrected chi connectivity index (χ3v) is 4.71. The van der Waals surface area contributed by atoms with Gasteiger partial charge in [-0.1, -0.05) is 59.1 Å². The van der Waals surface area contributed by atoms with Crippen LogP contribution in [0.4, 0.5) is 0 Å². The van der Waals surface area contributed by atoms with E-state index in [1.54, 1.807) is 30.0 Å². The molecule has 0 bridgehead atoms. The summed E-state index contributed by atoms with van der Waals surface area (Å²) < 4.78 is 0. The van der Waals surface area contributed by atoms with E-state index in [1.807, 2.05) is 0 Å². The summed E-state index contributed by atoms with van der Waals surface area (Å²) >= 11 is 13.3. The van der Waals surface area contributed by atoms with Gasteiger partial charge >= 0.3 is 0 Å². The van der Waals surface area contributed by atoms with E-state index in [9.17, 15) is 4.79 Å². The maximum absolute atomic E-state index is 11.7. The van der Waals surface area contributed by atoms with Crippen LogP contribution in [0.2, 0.25) is 10.0 Å². The standard InChI is InChI=1S/C17H16Cl2N2OS/c1-12-2-4-13(5-3-12)10-23-11-17(22)21-20-9-14-6-7-15(18)16(19)8-14/h2-9H,10-11H2,1H3,(H,21,22)/b20-9-. The van der Waals surface area contributed by atoms with E-state index in [1.165, 1.54) is 17.3 Å². The van der Waals surface area contributed by atoms with E-state index < -0.39 is 0 Å². The number of carbonyl (C=O) groups is 1. The van der Waals surface area contributed by atoms with Crippen molar-refractivity contribution in [1.82, 2.24) is 5.43 Å². The van der Waals surface area contributed by atoms with Crippen LogP contribution in [0.1, 0.15) is 16.7 Å². The number of hydrogen-bond donors (Lipinski definition) is 1. The van der Waals surface area contributed by atoms with Crippen LogP contribution >= 0.6 is 35.0 Å². The maximum Gasteiger partial charge on any atom is 0.250 e. The van der Waals surface area contributed by atoms with Gasteiger partial charge in [0.15, 0.2) is 0 Å². The molecule has 0 spiro atoms. The largest absolute Gasteiger partial charge is 0.272 e. The van der Waals surface area contributed by atoms with Crippen LogP contribution in [0.3, 0.4) is 0 Å². The fourth-order valence-corrected chi connectivity index (χ4v) is 2.84. The summed E-state index contributed by atoms with van der Waals surface area (Å²) in [6.45, 7) is 2.05. The lowest BCUT2D eigenvalue weighted by Gasteiger charge is -2.02. The fraction of sp³-hybridized carbons (Fsp3) is 0.176. The van der Waals surface area contributed by atoms with Crippen molar-refractivity contribution in [3.63, 3.8) is 0 Å². The second-order valence-corrected chi connectivity index (χ2v) is 6.75. The summed E-state index contributed by atoms with van der Waals surface area (Å²) in [6.07, 6.45) is 1.53. The molecule has 0 unspecified atom stereocenters. The minimum Gasteiger partial charge on any atom is -0.272 e. The highest BCUT2D eigenvalue weighted by Gasteiger charge is 2.01. The number of halogens is 2. The third-order valence-electron chi connectivity index (χ3n) is 2.97. The van der Waals surface area contributed by atoms with E-state index in [2.05, 4.69) is 41.7 Å². The third kappa shape index (κ3) is 6.26. The Labute approximate surface area is 150 Å². The molecule has 2 aromatic rings. The summed E-state index contributed by atoms with van der Waals surface area (Å²) in [5.74, 6) is 1.01. The quantitative estimate of drug-likeness (QED) is 0.595. The number of rotatable bonds is 6. The highest BCUT2D eigenvalue weighted by molar-refractivity contribution is 7.99. The zero-order valence-electron chi connectivity index (χ0n) is 12.6. The Bertz CT molecular complexity index is 702. The van der Waals surface area contributed by atoms with Crippen LogP contribution in [0, 0.1) is 6.92 Å². The number of nitrogens with zero attached hydrogens (tertiary/aromatic N) is 1. The SMILES string of the molecule is Cc1ccc(CSCC(=O)N/N=C\c2ccc(Cl)c(Cl)c2)cc1. The normalized spacial score (nSPS) is 10.9. The lowest BCUT2D eigenvalue weighted by atomic mass is 10.2. The number of amides is 1. The van der Waals surface area contributed by atoms with E-state index in [0.29, 0.717) is 15.8 Å². The molecule has 0 fully saturated rings. The van der Waals surface area contributed by atoms with E-state index in [-0.39, 0.29) is 5.91 Å². The van der Waals surface area contributed by atoms with Crippen molar-refractivity contribution in [2.45, 2.75) is 12.7 Å². The van der Waals surface area contributed by atoms with Crippen molar-refractivity contribution in [2.75, 3.05) is 5.75 Å². The molecule has 3 nitrogen and oxygen atoms in total.